The highest BCUT2D eigenvalue weighted by Crippen LogP contribution is 1.93. The van der Waals surface area contributed by atoms with Crippen LogP contribution in [0.15, 0.2) is 0 Å². The summed E-state index contributed by atoms with van der Waals surface area (Å²) >= 11 is 0. The molecule has 1 saturated heterocycles. The standard InChI is InChI=1S/C5H10N2O2/c8-2-1-4-3-6-5(9)7-4/h4,8H,1-3H2,(H2,6,7,9). The smallest absolute Gasteiger partial charge is 0.315 e. The lowest BCUT2D eigenvalue weighted by Crippen LogP contribution is -2.27. The van der Waals surface area contributed by atoms with Crippen LogP contribution in [-0.4, -0.2) is 30.3 Å². The Morgan fingerprint density at radius 2 is 2.56 bits per heavy atom. The Bertz CT molecular complexity index is 116. The normalized spacial score (nSPS) is 25.4. The molecule has 4 heteroatoms. The molecule has 1 rings (SSSR count). The monoisotopic (exact) mass is 130 g/mol. The molecule has 0 saturated carbocycles. The number of amides is 2. The number of aliphatic hydroxyl groups excluding tert-OH is 1. The second-order valence-electron chi connectivity index (χ2n) is 2.06. The zero-order valence-electron chi connectivity index (χ0n) is 5.05. The number of nitrogens with one attached hydrogen (secondary N) is 2. The van der Waals surface area contributed by atoms with E-state index in [2.05, 4.69) is 10.6 Å². The predicted molar refractivity (Wildman–Crippen MR) is 32.0 cm³/mol. The van der Waals surface area contributed by atoms with Crippen LogP contribution in [0.1, 0.15) is 6.42 Å². The molecule has 0 bridgehead atoms. The lowest BCUT2D eigenvalue weighted by Gasteiger charge is -2.02. The van der Waals surface area contributed by atoms with Gasteiger partial charge in [-0.1, -0.05) is 0 Å². The fourth-order valence-corrected chi connectivity index (χ4v) is 0.833. The quantitative estimate of drug-likeness (QED) is 0.451. The molecule has 1 aliphatic heterocycles. The minimum Gasteiger partial charge on any atom is -0.396 e. The molecule has 1 atom stereocenters. The van der Waals surface area contributed by atoms with Crippen molar-refractivity contribution in [2.24, 2.45) is 0 Å². The van der Waals surface area contributed by atoms with Crippen LogP contribution < -0.4 is 10.6 Å². The maximum Gasteiger partial charge on any atom is 0.315 e. The van der Waals surface area contributed by atoms with Crippen molar-refractivity contribution < 1.29 is 9.90 Å². The Morgan fingerprint density at radius 3 is 3.00 bits per heavy atom. The number of urea groups is 1. The van der Waals surface area contributed by atoms with Crippen LogP contribution in [0.4, 0.5) is 4.79 Å². The van der Waals surface area contributed by atoms with E-state index in [9.17, 15) is 4.79 Å². The molecular weight excluding hydrogens is 120 g/mol. The molecule has 3 N–H and O–H groups in total. The van der Waals surface area contributed by atoms with Crippen LogP contribution in [0, 0.1) is 0 Å². The first kappa shape index (κ1) is 6.35. The highest BCUT2D eigenvalue weighted by molar-refractivity contribution is 5.76. The Hall–Kier alpha value is -0.770. The molecule has 0 radical (unpaired) electrons. The highest BCUT2D eigenvalue weighted by atomic mass is 16.3. The third kappa shape index (κ3) is 1.57. The highest BCUT2D eigenvalue weighted by Gasteiger charge is 2.18. The van der Waals surface area contributed by atoms with Crippen molar-refractivity contribution in [1.29, 1.82) is 0 Å². The SMILES string of the molecule is O=C1NCC(CCO)N1. The molecule has 0 spiro atoms. The summed E-state index contributed by atoms with van der Waals surface area (Å²) in [4.78, 5) is 10.4. The Kier molecular flexibility index (Phi) is 1.89. The predicted octanol–water partition coefficient (Wildman–Crippen LogP) is -0.950. The van der Waals surface area contributed by atoms with Gasteiger partial charge in [-0.2, -0.15) is 0 Å². The van der Waals surface area contributed by atoms with E-state index in [1.165, 1.54) is 0 Å². The van der Waals surface area contributed by atoms with E-state index in [0.717, 1.165) is 0 Å². The molecule has 2 amide bonds. The van der Waals surface area contributed by atoms with Crippen molar-refractivity contribution in [3.63, 3.8) is 0 Å². The number of carbonyl (C=O) groups excluding carboxylic acids is 1. The van der Waals surface area contributed by atoms with Gasteiger partial charge >= 0.3 is 6.03 Å². The summed E-state index contributed by atoms with van der Waals surface area (Å²) in [7, 11) is 0. The van der Waals surface area contributed by atoms with E-state index in [1.54, 1.807) is 0 Å². The van der Waals surface area contributed by atoms with Gasteiger partial charge in [0.05, 0.1) is 6.04 Å². The molecule has 0 aromatic carbocycles. The van der Waals surface area contributed by atoms with Crippen LogP contribution in [0.5, 0.6) is 0 Å². The fourth-order valence-electron chi connectivity index (χ4n) is 0.833. The molecule has 0 aromatic heterocycles. The summed E-state index contributed by atoms with van der Waals surface area (Å²) in [6.45, 7) is 0.770. The maximum atomic E-state index is 10.4. The first-order chi connectivity index (χ1) is 4.33. The van der Waals surface area contributed by atoms with Crippen molar-refractivity contribution in [2.45, 2.75) is 12.5 Å². The first-order valence-electron chi connectivity index (χ1n) is 2.98. The average Bonchev–Trinajstić information content (AvgIpc) is 2.17. The van der Waals surface area contributed by atoms with Gasteiger partial charge in [-0.3, -0.25) is 0 Å². The van der Waals surface area contributed by atoms with Crippen LogP contribution in [0.3, 0.4) is 0 Å². The molecule has 0 aromatic rings. The van der Waals surface area contributed by atoms with E-state index >= 15 is 0 Å². The largest absolute Gasteiger partial charge is 0.396 e. The summed E-state index contributed by atoms with van der Waals surface area (Å²) in [5.74, 6) is 0. The Balaban J connectivity index is 2.22. The fraction of sp³-hybridized carbons (Fsp3) is 0.800. The molecule has 0 aliphatic carbocycles. The molecule has 4 nitrogen and oxygen atoms in total. The molecule has 1 aliphatic rings. The van der Waals surface area contributed by atoms with Gasteiger partial charge in [-0.25, -0.2) is 4.79 Å². The zero-order valence-corrected chi connectivity index (χ0v) is 5.05. The van der Waals surface area contributed by atoms with Gasteiger partial charge in [0, 0.05) is 13.2 Å². The molecule has 1 unspecified atom stereocenters. The number of rotatable bonds is 2. The Labute approximate surface area is 53.2 Å². The van der Waals surface area contributed by atoms with Gasteiger partial charge in [0.2, 0.25) is 0 Å². The summed E-state index contributed by atoms with van der Waals surface area (Å²) in [6.07, 6.45) is 0.638. The van der Waals surface area contributed by atoms with E-state index in [-0.39, 0.29) is 18.7 Å². The van der Waals surface area contributed by atoms with Crippen LogP contribution in [0.2, 0.25) is 0 Å². The van der Waals surface area contributed by atoms with E-state index < -0.39 is 0 Å². The van der Waals surface area contributed by atoms with Gasteiger partial charge in [-0.15, -0.1) is 0 Å². The molecule has 1 fully saturated rings. The molecule has 52 valence electrons. The van der Waals surface area contributed by atoms with Crippen molar-refractivity contribution in [3.05, 3.63) is 0 Å². The van der Waals surface area contributed by atoms with Crippen LogP contribution in [-0.2, 0) is 0 Å². The Morgan fingerprint density at radius 1 is 1.78 bits per heavy atom. The van der Waals surface area contributed by atoms with Gasteiger partial charge < -0.3 is 15.7 Å². The van der Waals surface area contributed by atoms with Gasteiger partial charge in [-0.05, 0) is 6.42 Å². The minimum atomic E-state index is -0.131. The third-order valence-electron chi connectivity index (χ3n) is 1.32. The number of aliphatic hydroxyl groups is 1. The third-order valence-corrected chi connectivity index (χ3v) is 1.32. The maximum absolute atomic E-state index is 10.4. The average molecular weight is 130 g/mol. The van der Waals surface area contributed by atoms with Crippen LogP contribution in [0.25, 0.3) is 0 Å². The van der Waals surface area contributed by atoms with E-state index in [0.29, 0.717) is 13.0 Å². The topological polar surface area (TPSA) is 61.4 Å². The van der Waals surface area contributed by atoms with Gasteiger partial charge in [0.1, 0.15) is 0 Å². The summed E-state index contributed by atoms with van der Waals surface area (Å²) in [5, 5.41) is 13.7. The van der Waals surface area contributed by atoms with Crippen LogP contribution >= 0.6 is 0 Å². The van der Waals surface area contributed by atoms with Crippen molar-refractivity contribution >= 4 is 6.03 Å². The molecule has 1 heterocycles. The van der Waals surface area contributed by atoms with Crippen molar-refractivity contribution in [1.82, 2.24) is 10.6 Å². The summed E-state index contributed by atoms with van der Waals surface area (Å²) < 4.78 is 0. The van der Waals surface area contributed by atoms with E-state index in [1.807, 2.05) is 0 Å². The lowest BCUT2D eigenvalue weighted by molar-refractivity contribution is 0.245. The summed E-state index contributed by atoms with van der Waals surface area (Å²) in [5.41, 5.74) is 0. The van der Waals surface area contributed by atoms with Crippen molar-refractivity contribution in [3.8, 4) is 0 Å². The second kappa shape index (κ2) is 2.68. The molecular formula is C5H10N2O2. The molecule has 9 heavy (non-hydrogen) atoms. The van der Waals surface area contributed by atoms with Gasteiger partial charge in [0.15, 0.2) is 0 Å². The first-order valence-corrected chi connectivity index (χ1v) is 2.98. The van der Waals surface area contributed by atoms with E-state index in [4.69, 9.17) is 5.11 Å². The summed E-state index contributed by atoms with van der Waals surface area (Å²) in [6, 6.07) is -0.00375. The lowest BCUT2D eigenvalue weighted by atomic mass is 10.2. The number of carbonyl (C=O) groups is 1. The van der Waals surface area contributed by atoms with Gasteiger partial charge in [0.25, 0.3) is 0 Å². The van der Waals surface area contributed by atoms with Crippen molar-refractivity contribution in [2.75, 3.05) is 13.2 Å². The minimum absolute atomic E-state index is 0.127. The number of hydrogen-bond donors (Lipinski definition) is 3. The second-order valence-corrected chi connectivity index (χ2v) is 2.06. The zero-order chi connectivity index (χ0) is 6.69. The number of hydrogen-bond acceptors (Lipinski definition) is 2.